The Labute approximate surface area is 378 Å². The Balaban J connectivity index is 0.863. The molecule has 3 heterocycles. The standard InChI is InChI=1S/C60H37NOS2/c1-4-14-53-50(10-1)59-47(12-7-15-54(59)62-53)41-25-32-45(33-26-41)61(46-34-27-42(28-35-46)48-13-8-18-58-60(48)51-11-3-6-17-56(51)64-58)44-30-23-39(24-31-44)38-19-21-40(22-20-38)43-29-36-57-52(37-43)49-9-2-5-16-55(49)63-57/h1-37H. The fraction of sp³-hybridized carbons (Fsp3) is 0. The second-order valence-electron chi connectivity index (χ2n) is 16.4. The van der Waals surface area contributed by atoms with Crippen molar-refractivity contribution in [3.05, 3.63) is 224 Å². The predicted molar refractivity (Wildman–Crippen MR) is 276 cm³/mol. The van der Waals surface area contributed by atoms with Crippen LogP contribution in [0.4, 0.5) is 17.1 Å². The van der Waals surface area contributed by atoms with Gasteiger partial charge in [0.1, 0.15) is 11.2 Å². The molecule has 13 rings (SSSR count). The van der Waals surface area contributed by atoms with E-state index in [1.807, 2.05) is 34.8 Å². The van der Waals surface area contributed by atoms with E-state index in [2.05, 4.69) is 217 Å². The molecule has 0 fully saturated rings. The first-order valence-electron chi connectivity index (χ1n) is 21.6. The van der Waals surface area contributed by atoms with Crippen molar-refractivity contribution < 1.29 is 4.42 Å². The van der Waals surface area contributed by atoms with Crippen molar-refractivity contribution in [2.45, 2.75) is 0 Å². The molecule has 0 aliphatic carbocycles. The van der Waals surface area contributed by atoms with Crippen LogP contribution in [0.3, 0.4) is 0 Å². The molecule has 0 N–H and O–H groups in total. The fourth-order valence-corrected chi connectivity index (χ4v) is 11.8. The Morgan fingerprint density at radius 1 is 0.281 bits per heavy atom. The molecule has 0 amide bonds. The summed E-state index contributed by atoms with van der Waals surface area (Å²) in [5.74, 6) is 0. The molecule has 0 saturated heterocycles. The zero-order chi connectivity index (χ0) is 42.1. The average molecular weight is 852 g/mol. The smallest absolute Gasteiger partial charge is 0.136 e. The first kappa shape index (κ1) is 36.9. The van der Waals surface area contributed by atoms with Crippen molar-refractivity contribution in [1.82, 2.24) is 0 Å². The summed E-state index contributed by atoms with van der Waals surface area (Å²) in [7, 11) is 0. The van der Waals surface area contributed by atoms with E-state index in [0.29, 0.717) is 0 Å². The number of nitrogens with zero attached hydrogens (tertiary/aromatic N) is 1. The van der Waals surface area contributed by atoms with Crippen LogP contribution in [0.5, 0.6) is 0 Å². The van der Waals surface area contributed by atoms with E-state index in [1.54, 1.807) is 0 Å². The Kier molecular flexibility index (Phi) is 8.61. The van der Waals surface area contributed by atoms with Crippen LogP contribution in [0.1, 0.15) is 0 Å². The molecule has 300 valence electrons. The van der Waals surface area contributed by atoms with E-state index < -0.39 is 0 Å². The highest BCUT2D eigenvalue weighted by Crippen LogP contribution is 2.44. The average Bonchev–Trinajstić information content (AvgIpc) is 4.06. The number of benzene rings is 10. The van der Waals surface area contributed by atoms with Gasteiger partial charge in [-0.25, -0.2) is 0 Å². The van der Waals surface area contributed by atoms with Crippen LogP contribution in [-0.4, -0.2) is 0 Å². The zero-order valence-electron chi connectivity index (χ0n) is 34.5. The number of fused-ring (bicyclic) bond motifs is 9. The van der Waals surface area contributed by atoms with E-state index in [9.17, 15) is 0 Å². The molecule has 0 aliphatic heterocycles. The van der Waals surface area contributed by atoms with Gasteiger partial charge in [-0.15, -0.1) is 22.7 Å². The summed E-state index contributed by atoms with van der Waals surface area (Å²) in [5.41, 5.74) is 14.7. The second kappa shape index (κ2) is 15.0. The summed E-state index contributed by atoms with van der Waals surface area (Å²) in [6.45, 7) is 0. The number of para-hydroxylation sites is 1. The van der Waals surface area contributed by atoms with Crippen LogP contribution in [0.15, 0.2) is 229 Å². The van der Waals surface area contributed by atoms with Gasteiger partial charge in [0, 0.05) is 68.2 Å². The topological polar surface area (TPSA) is 16.4 Å². The molecule has 4 heteroatoms. The van der Waals surface area contributed by atoms with Gasteiger partial charge in [0.05, 0.1) is 0 Å². The number of furan rings is 1. The van der Waals surface area contributed by atoms with E-state index in [-0.39, 0.29) is 0 Å². The van der Waals surface area contributed by atoms with Crippen LogP contribution in [0.2, 0.25) is 0 Å². The molecule has 0 spiro atoms. The molecule has 64 heavy (non-hydrogen) atoms. The van der Waals surface area contributed by atoms with Crippen molar-refractivity contribution in [1.29, 1.82) is 0 Å². The van der Waals surface area contributed by atoms with Gasteiger partial charge >= 0.3 is 0 Å². The number of rotatable bonds is 7. The van der Waals surface area contributed by atoms with Crippen molar-refractivity contribution in [3.8, 4) is 44.5 Å². The largest absolute Gasteiger partial charge is 0.456 e. The Hall–Kier alpha value is -7.76. The normalized spacial score (nSPS) is 11.8. The summed E-state index contributed by atoms with van der Waals surface area (Å²) >= 11 is 3.72. The van der Waals surface area contributed by atoms with Gasteiger partial charge in [-0.2, -0.15) is 0 Å². The van der Waals surface area contributed by atoms with E-state index in [1.165, 1.54) is 73.7 Å². The van der Waals surface area contributed by atoms with Crippen LogP contribution in [0.25, 0.3) is 107 Å². The van der Waals surface area contributed by atoms with Gasteiger partial charge in [-0.05, 0) is 123 Å². The summed E-state index contributed by atoms with van der Waals surface area (Å²) in [4.78, 5) is 2.36. The summed E-state index contributed by atoms with van der Waals surface area (Å²) in [6.07, 6.45) is 0. The van der Waals surface area contributed by atoms with Crippen molar-refractivity contribution >= 4 is 102 Å². The first-order valence-corrected chi connectivity index (χ1v) is 23.3. The molecular formula is C60H37NOS2. The maximum absolute atomic E-state index is 6.26. The second-order valence-corrected chi connectivity index (χ2v) is 18.6. The number of thiophene rings is 2. The Morgan fingerprint density at radius 3 is 1.39 bits per heavy atom. The third kappa shape index (κ3) is 6.14. The minimum atomic E-state index is 0.902. The third-order valence-electron chi connectivity index (χ3n) is 12.7. The van der Waals surface area contributed by atoms with Crippen LogP contribution < -0.4 is 4.90 Å². The fourth-order valence-electron chi connectivity index (χ4n) is 9.62. The lowest BCUT2D eigenvalue weighted by atomic mass is 9.98. The van der Waals surface area contributed by atoms with Gasteiger partial charge in [0.2, 0.25) is 0 Å². The zero-order valence-corrected chi connectivity index (χ0v) is 36.2. The summed E-state index contributed by atoms with van der Waals surface area (Å²) in [6, 6.07) is 81.6. The third-order valence-corrected chi connectivity index (χ3v) is 15.0. The molecule has 0 atom stereocenters. The number of hydrogen-bond acceptors (Lipinski definition) is 4. The SMILES string of the molecule is c1ccc2c(c1)oc1cccc(-c3ccc(N(c4ccc(-c5ccc(-c6ccc7sc8ccccc8c7c6)cc5)cc4)c4ccc(-c5cccc6sc7ccccc7c56)cc4)cc3)c12. The molecule has 0 saturated carbocycles. The van der Waals surface area contributed by atoms with E-state index in [4.69, 9.17) is 4.42 Å². The summed E-state index contributed by atoms with van der Waals surface area (Å²) in [5, 5.41) is 7.56. The molecule has 0 bridgehead atoms. The molecule has 13 aromatic rings. The molecule has 2 nitrogen and oxygen atoms in total. The maximum atomic E-state index is 6.26. The summed E-state index contributed by atoms with van der Waals surface area (Å²) < 4.78 is 11.5. The lowest BCUT2D eigenvalue weighted by Crippen LogP contribution is -2.09. The van der Waals surface area contributed by atoms with Gasteiger partial charge in [-0.1, -0.05) is 146 Å². The van der Waals surface area contributed by atoms with E-state index in [0.717, 1.165) is 50.1 Å². The maximum Gasteiger partial charge on any atom is 0.136 e. The minimum absolute atomic E-state index is 0.902. The molecular weight excluding hydrogens is 815 g/mol. The minimum Gasteiger partial charge on any atom is -0.456 e. The molecule has 3 aromatic heterocycles. The van der Waals surface area contributed by atoms with Crippen molar-refractivity contribution in [2.75, 3.05) is 4.90 Å². The quantitative estimate of drug-likeness (QED) is 0.159. The van der Waals surface area contributed by atoms with Crippen LogP contribution in [-0.2, 0) is 0 Å². The highest BCUT2D eigenvalue weighted by molar-refractivity contribution is 7.26. The monoisotopic (exact) mass is 851 g/mol. The molecule has 0 radical (unpaired) electrons. The molecule has 0 unspecified atom stereocenters. The van der Waals surface area contributed by atoms with Gasteiger partial charge in [-0.3, -0.25) is 0 Å². The number of hydrogen-bond donors (Lipinski definition) is 0. The highest BCUT2D eigenvalue weighted by Gasteiger charge is 2.17. The Bertz CT molecular complexity index is 3720. The highest BCUT2D eigenvalue weighted by atomic mass is 32.1. The van der Waals surface area contributed by atoms with Crippen LogP contribution in [0, 0.1) is 0 Å². The lowest BCUT2D eigenvalue weighted by Gasteiger charge is -2.26. The Morgan fingerprint density at radius 2 is 0.719 bits per heavy atom. The molecule has 0 aliphatic rings. The number of anilines is 3. The molecule has 10 aromatic carbocycles. The van der Waals surface area contributed by atoms with Gasteiger partial charge in [0.25, 0.3) is 0 Å². The first-order chi connectivity index (χ1) is 31.7. The predicted octanol–water partition coefficient (Wildman–Crippen LogP) is 18.5. The van der Waals surface area contributed by atoms with Gasteiger partial charge < -0.3 is 9.32 Å². The van der Waals surface area contributed by atoms with E-state index >= 15 is 0 Å². The van der Waals surface area contributed by atoms with Gasteiger partial charge in [0.15, 0.2) is 0 Å². The lowest BCUT2D eigenvalue weighted by molar-refractivity contribution is 0.669. The van der Waals surface area contributed by atoms with Crippen molar-refractivity contribution in [2.24, 2.45) is 0 Å². The van der Waals surface area contributed by atoms with Crippen LogP contribution >= 0.6 is 22.7 Å². The van der Waals surface area contributed by atoms with Crippen molar-refractivity contribution in [3.63, 3.8) is 0 Å².